The van der Waals surface area contributed by atoms with Gasteiger partial charge in [0.05, 0.1) is 40.1 Å². The average molecular weight is 470 g/mol. The number of hydrogen-bond acceptors (Lipinski definition) is 5. The predicted octanol–water partition coefficient (Wildman–Crippen LogP) is 3.60. The van der Waals surface area contributed by atoms with E-state index in [0.717, 1.165) is 6.07 Å². The molecule has 0 spiro atoms. The number of rotatable bonds is 7. The van der Waals surface area contributed by atoms with Crippen LogP contribution in [0.1, 0.15) is 24.2 Å². The number of carbonyl (C=O) groups excluding carboxylic acids is 1. The molecule has 1 heterocycles. The summed E-state index contributed by atoms with van der Waals surface area (Å²) in [6.45, 7) is 6.31. The molecule has 1 N–H and O–H groups in total. The van der Waals surface area contributed by atoms with Crippen LogP contribution in [0.4, 0.5) is 15.8 Å². The number of nitrogens with one attached hydrogen (secondary N) is 1. The first-order chi connectivity index (χ1) is 14.8. The lowest BCUT2D eigenvalue weighted by atomic mass is 10.1. The Morgan fingerprint density at radius 3 is 2.48 bits per heavy atom. The third-order valence-electron chi connectivity index (χ3n) is 5.10. The fourth-order valence-corrected chi connectivity index (χ4v) is 5.20. The van der Waals surface area contributed by atoms with Crippen LogP contribution < -0.4 is 10.2 Å². The Labute approximate surface area is 186 Å². The minimum absolute atomic E-state index is 0.0302. The molecule has 1 fully saturated rings. The minimum Gasteiger partial charge on any atom is -0.378 e. The molecule has 3 rings (SSSR count). The summed E-state index contributed by atoms with van der Waals surface area (Å²) in [7, 11) is -3.75. The third kappa shape index (κ3) is 5.01. The Morgan fingerprint density at radius 2 is 1.87 bits per heavy atom. The van der Waals surface area contributed by atoms with E-state index in [4.69, 9.17) is 16.3 Å². The molecule has 0 bridgehead atoms. The van der Waals surface area contributed by atoms with Gasteiger partial charge in [0.1, 0.15) is 5.82 Å². The topological polar surface area (TPSA) is 79.0 Å². The first-order valence-corrected chi connectivity index (χ1v) is 11.8. The lowest BCUT2D eigenvalue weighted by molar-refractivity contribution is 0.102. The van der Waals surface area contributed by atoms with E-state index < -0.39 is 21.7 Å². The van der Waals surface area contributed by atoms with Crippen LogP contribution >= 0.6 is 11.6 Å². The molecule has 0 saturated carbocycles. The average Bonchev–Trinajstić information content (AvgIpc) is 2.75. The number of sulfonamides is 1. The molecule has 1 saturated heterocycles. The van der Waals surface area contributed by atoms with Crippen LogP contribution in [0, 0.1) is 5.82 Å². The van der Waals surface area contributed by atoms with Crippen LogP contribution in [0.2, 0.25) is 5.02 Å². The molecular formula is C21H25ClFN3O4S. The number of hydrogen-bond donors (Lipinski definition) is 1. The maximum absolute atomic E-state index is 14.2. The quantitative estimate of drug-likeness (QED) is 0.670. The van der Waals surface area contributed by atoms with Crippen LogP contribution in [0.3, 0.4) is 0 Å². The zero-order valence-corrected chi connectivity index (χ0v) is 19.0. The molecule has 10 heteroatoms. The first kappa shape index (κ1) is 23.5. The smallest absolute Gasteiger partial charge is 0.260 e. The molecule has 7 nitrogen and oxygen atoms in total. The van der Waals surface area contributed by atoms with E-state index >= 15 is 0 Å². The maximum atomic E-state index is 14.2. The number of carbonyl (C=O) groups is 1. The van der Waals surface area contributed by atoms with Crippen molar-refractivity contribution < 1.29 is 22.3 Å². The van der Waals surface area contributed by atoms with Crippen molar-refractivity contribution in [3.05, 3.63) is 52.8 Å². The number of morpholine rings is 1. The second kappa shape index (κ2) is 9.95. The number of amides is 1. The molecule has 2 aromatic rings. The van der Waals surface area contributed by atoms with Gasteiger partial charge in [-0.1, -0.05) is 31.5 Å². The zero-order chi connectivity index (χ0) is 22.6. The Hall–Kier alpha value is -2.20. The second-order valence-corrected chi connectivity index (χ2v) is 9.26. The van der Waals surface area contributed by atoms with Crippen molar-refractivity contribution in [2.75, 3.05) is 49.6 Å². The molecule has 0 radical (unpaired) electrons. The fraction of sp³-hybridized carbons (Fsp3) is 0.381. The molecular weight excluding hydrogens is 445 g/mol. The van der Waals surface area contributed by atoms with E-state index in [1.807, 2.05) is 4.90 Å². The van der Waals surface area contributed by atoms with Crippen molar-refractivity contribution in [3.8, 4) is 0 Å². The van der Waals surface area contributed by atoms with Gasteiger partial charge in [-0.3, -0.25) is 4.79 Å². The summed E-state index contributed by atoms with van der Waals surface area (Å²) >= 11 is 6.03. The van der Waals surface area contributed by atoms with Crippen LogP contribution in [-0.2, 0) is 14.8 Å². The van der Waals surface area contributed by atoms with Crippen molar-refractivity contribution in [2.45, 2.75) is 18.7 Å². The van der Waals surface area contributed by atoms with Crippen LogP contribution in [0.5, 0.6) is 0 Å². The monoisotopic (exact) mass is 469 g/mol. The highest BCUT2D eigenvalue weighted by Gasteiger charge is 2.25. The van der Waals surface area contributed by atoms with E-state index in [9.17, 15) is 17.6 Å². The summed E-state index contributed by atoms with van der Waals surface area (Å²) in [5.41, 5.74) is 0.594. The fourth-order valence-electron chi connectivity index (χ4n) is 3.47. The van der Waals surface area contributed by atoms with Gasteiger partial charge in [-0.25, -0.2) is 12.8 Å². The summed E-state index contributed by atoms with van der Waals surface area (Å²) in [5.74, 6) is -1.51. The van der Waals surface area contributed by atoms with Gasteiger partial charge in [0.2, 0.25) is 10.0 Å². The van der Waals surface area contributed by atoms with E-state index in [1.165, 1.54) is 28.6 Å². The molecule has 2 aromatic carbocycles. The maximum Gasteiger partial charge on any atom is 0.260 e. The molecule has 0 aromatic heterocycles. The number of nitrogens with zero attached hydrogens (tertiary/aromatic N) is 2. The molecule has 1 aliphatic heterocycles. The summed E-state index contributed by atoms with van der Waals surface area (Å²) in [6.07, 6.45) is 0. The first-order valence-electron chi connectivity index (χ1n) is 10.0. The lowest BCUT2D eigenvalue weighted by Gasteiger charge is -2.31. The second-order valence-electron chi connectivity index (χ2n) is 6.92. The van der Waals surface area contributed by atoms with Gasteiger partial charge >= 0.3 is 0 Å². The van der Waals surface area contributed by atoms with Crippen LogP contribution in [0.25, 0.3) is 0 Å². The van der Waals surface area contributed by atoms with E-state index in [0.29, 0.717) is 45.1 Å². The van der Waals surface area contributed by atoms with E-state index in [2.05, 4.69) is 5.32 Å². The van der Waals surface area contributed by atoms with Crippen molar-refractivity contribution in [2.24, 2.45) is 0 Å². The molecule has 1 aliphatic rings. The van der Waals surface area contributed by atoms with Crippen molar-refractivity contribution in [1.82, 2.24) is 4.31 Å². The highest BCUT2D eigenvalue weighted by atomic mass is 35.5. The van der Waals surface area contributed by atoms with Gasteiger partial charge in [0.15, 0.2) is 0 Å². The molecule has 168 valence electrons. The predicted molar refractivity (Wildman–Crippen MR) is 119 cm³/mol. The zero-order valence-electron chi connectivity index (χ0n) is 17.4. The lowest BCUT2D eigenvalue weighted by Crippen LogP contribution is -2.37. The standard InChI is InChI=1S/C21H25ClFN3O4S/c1-3-26(4-2)31(28,29)15-8-9-19(25-10-12-30-13-11-25)18(14-15)24-21(27)20-16(22)6-5-7-17(20)23/h5-9,14H,3-4,10-13H2,1-2H3,(H,24,27). The van der Waals surface area contributed by atoms with Crippen molar-refractivity contribution >= 4 is 38.9 Å². The van der Waals surface area contributed by atoms with Gasteiger partial charge < -0.3 is 15.0 Å². The highest BCUT2D eigenvalue weighted by molar-refractivity contribution is 7.89. The molecule has 0 aliphatic carbocycles. The molecule has 31 heavy (non-hydrogen) atoms. The summed E-state index contributed by atoms with van der Waals surface area (Å²) in [6, 6.07) is 8.55. The van der Waals surface area contributed by atoms with Gasteiger partial charge in [-0.2, -0.15) is 4.31 Å². The SMILES string of the molecule is CCN(CC)S(=O)(=O)c1ccc(N2CCOCC2)c(NC(=O)c2c(F)cccc2Cl)c1. The Balaban J connectivity index is 2.05. The van der Waals surface area contributed by atoms with E-state index in [1.54, 1.807) is 19.9 Å². The summed E-state index contributed by atoms with van der Waals surface area (Å²) < 4.78 is 47.0. The molecule has 0 unspecified atom stereocenters. The van der Waals surface area contributed by atoms with Crippen LogP contribution in [-0.4, -0.2) is 58.0 Å². The highest BCUT2D eigenvalue weighted by Crippen LogP contribution is 2.32. The van der Waals surface area contributed by atoms with Gasteiger partial charge in [0.25, 0.3) is 5.91 Å². The third-order valence-corrected chi connectivity index (χ3v) is 7.46. The van der Waals surface area contributed by atoms with Gasteiger partial charge in [-0.15, -0.1) is 0 Å². The number of ether oxygens (including phenoxy) is 1. The molecule has 1 amide bonds. The Kier molecular flexibility index (Phi) is 7.53. The summed E-state index contributed by atoms with van der Waals surface area (Å²) in [5, 5.41) is 2.63. The number of benzene rings is 2. The Morgan fingerprint density at radius 1 is 1.19 bits per heavy atom. The molecule has 0 atom stereocenters. The number of anilines is 2. The van der Waals surface area contributed by atoms with Gasteiger partial charge in [0, 0.05) is 26.2 Å². The minimum atomic E-state index is -3.75. The van der Waals surface area contributed by atoms with Crippen molar-refractivity contribution in [1.29, 1.82) is 0 Å². The van der Waals surface area contributed by atoms with E-state index in [-0.39, 0.29) is 21.2 Å². The Bertz CT molecular complexity index is 1030. The summed E-state index contributed by atoms with van der Waals surface area (Å²) in [4.78, 5) is 14.9. The normalized spacial score (nSPS) is 14.7. The largest absolute Gasteiger partial charge is 0.378 e. The number of halogens is 2. The van der Waals surface area contributed by atoms with Gasteiger partial charge in [-0.05, 0) is 30.3 Å². The van der Waals surface area contributed by atoms with Crippen molar-refractivity contribution in [3.63, 3.8) is 0 Å². The van der Waals surface area contributed by atoms with Crippen LogP contribution in [0.15, 0.2) is 41.3 Å².